The Hall–Kier alpha value is -0.763. The lowest BCUT2D eigenvalue weighted by Gasteiger charge is -2.41. The standard InChI is InChI=1S/C32H60O5Si/c1-23(2)29(37-38(11,12)32(6,7)8)20-30(34-9)24(3)18-19-28(33)26(5)31(35-10)25(4)21-36-22-27-16-14-13-15-17-27/h13-17,23-26,28-31,33H,18-22H2,1-12H3. The van der Waals surface area contributed by atoms with E-state index in [1.807, 2.05) is 25.3 Å². The lowest BCUT2D eigenvalue weighted by atomic mass is 9.85. The van der Waals surface area contributed by atoms with Crippen molar-refractivity contribution in [1.82, 2.24) is 0 Å². The van der Waals surface area contributed by atoms with Crippen LogP contribution in [0.4, 0.5) is 0 Å². The van der Waals surface area contributed by atoms with Gasteiger partial charge in [0.2, 0.25) is 0 Å². The average molecular weight is 553 g/mol. The second-order valence-corrected chi connectivity index (χ2v) is 18.1. The molecule has 1 N–H and O–H groups in total. The Labute approximate surface area is 236 Å². The Morgan fingerprint density at radius 2 is 1.45 bits per heavy atom. The third-order valence-corrected chi connectivity index (χ3v) is 13.3. The first-order valence-electron chi connectivity index (χ1n) is 14.7. The van der Waals surface area contributed by atoms with Gasteiger partial charge >= 0.3 is 0 Å². The van der Waals surface area contributed by atoms with Crippen molar-refractivity contribution in [3.05, 3.63) is 35.9 Å². The largest absolute Gasteiger partial charge is 0.414 e. The summed E-state index contributed by atoms with van der Waals surface area (Å²) in [7, 11) is 1.67. The molecule has 6 heteroatoms. The summed E-state index contributed by atoms with van der Waals surface area (Å²) in [4.78, 5) is 0. The van der Waals surface area contributed by atoms with Crippen LogP contribution in [0, 0.1) is 23.7 Å². The lowest BCUT2D eigenvalue weighted by molar-refractivity contribution is -0.0613. The highest BCUT2D eigenvalue weighted by molar-refractivity contribution is 6.74. The number of hydrogen-bond donors (Lipinski definition) is 1. The molecule has 7 atom stereocenters. The average Bonchev–Trinajstić information content (AvgIpc) is 2.84. The molecule has 5 nitrogen and oxygen atoms in total. The zero-order chi connectivity index (χ0) is 29.1. The van der Waals surface area contributed by atoms with E-state index in [0.29, 0.717) is 25.0 Å². The van der Waals surface area contributed by atoms with Crippen LogP contribution in [0.25, 0.3) is 0 Å². The Balaban J connectivity index is 2.65. The van der Waals surface area contributed by atoms with Crippen molar-refractivity contribution in [2.45, 2.75) is 124 Å². The van der Waals surface area contributed by atoms with Crippen molar-refractivity contribution in [3.63, 3.8) is 0 Å². The molecule has 1 rings (SSSR count). The molecule has 0 heterocycles. The second kappa shape index (κ2) is 16.5. The van der Waals surface area contributed by atoms with Gasteiger partial charge in [-0.15, -0.1) is 0 Å². The van der Waals surface area contributed by atoms with Crippen molar-refractivity contribution in [2.24, 2.45) is 23.7 Å². The van der Waals surface area contributed by atoms with E-state index in [0.717, 1.165) is 24.8 Å². The van der Waals surface area contributed by atoms with Crippen LogP contribution >= 0.6 is 0 Å². The maximum Gasteiger partial charge on any atom is 0.192 e. The number of aliphatic hydroxyl groups excluding tert-OH is 1. The third kappa shape index (κ3) is 11.4. The van der Waals surface area contributed by atoms with Crippen LogP contribution in [0.5, 0.6) is 0 Å². The van der Waals surface area contributed by atoms with Crippen molar-refractivity contribution < 1.29 is 23.7 Å². The summed E-state index contributed by atoms with van der Waals surface area (Å²) in [6.45, 7) is 23.7. The molecular formula is C32H60O5Si. The van der Waals surface area contributed by atoms with Crippen molar-refractivity contribution >= 4 is 8.32 Å². The monoisotopic (exact) mass is 552 g/mol. The molecule has 0 aliphatic carbocycles. The molecule has 38 heavy (non-hydrogen) atoms. The first-order valence-corrected chi connectivity index (χ1v) is 17.6. The minimum absolute atomic E-state index is 0.00820. The van der Waals surface area contributed by atoms with Gasteiger partial charge in [0.25, 0.3) is 0 Å². The second-order valence-electron chi connectivity index (χ2n) is 13.3. The minimum atomic E-state index is -1.87. The Morgan fingerprint density at radius 1 is 0.842 bits per heavy atom. The molecule has 0 spiro atoms. The number of methoxy groups -OCH3 is 2. The smallest absolute Gasteiger partial charge is 0.192 e. The number of aliphatic hydroxyl groups is 1. The summed E-state index contributed by atoms with van der Waals surface area (Å²) in [6, 6.07) is 10.2. The summed E-state index contributed by atoms with van der Waals surface area (Å²) >= 11 is 0. The summed E-state index contributed by atoms with van der Waals surface area (Å²) in [5, 5.41) is 11.3. The van der Waals surface area contributed by atoms with Gasteiger partial charge in [-0.1, -0.05) is 85.7 Å². The van der Waals surface area contributed by atoms with Gasteiger partial charge in [-0.05, 0) is 54.8 Å². The molecule has 1 aromatic rings. The first-order chi connectivity index (χ1) is 17.6. The molecule has 0 fully saturated rings. The molecule has 0 aliphatic heterocycles. The highest BCUT2D eigenvalue weighted by Crippen LogP contribution is 2.39. The molecule has 0 aliphatic rings. The summed E-state index contributed by atoms with van der Waals surface area (Å²) < 4.78 is 24.6. The number of rotatable bonds is 18. The zero-order valence-corrected chi connectivity index (χ0v) is 27.6. The van der Waals surface area contributed by atoms with E-state index in [1.165, 1.54) is 0 Å². The summed E-state index contributed by atoms with van der Waals surface area (Å²) in [5.74, 6) is 0.928. The van der Waals surface area contributed by atoms with Crippen molar-refractivity contribution in [1.29, 1.82) is 0 Å². The molecule has 222 valence electrons. The maximum atomic E-state index is 11.1. The predicted molar refractivity (Wildman–Crippen MR) is 162 cm³/mol. The lowest BCUT2D eigenvalue weighted by Crippen LogP contribution is -2.46. The molecule has 0 aromatic heterocycles. The molecule has 0 radical (unpaired) electrons. The molecule has 0 saturated carbocycles. The van der Waals surface area contributed by atoms with E-state index < -0.39 is 14.4 Å². The fraction of sp³-hybridized carbons (Fsp3) is 0.812. The first kappa shape index (κ1) is 35.3. The van der Waals surface area contributed by atoms with E-state index in [9.17, 15) is 5.11 Å². The van der Waals surface area contributed by atoms with Gasteiger partial charge in [-0.25, -0.2) is 0 Å². The van der Waals surface area contributed by atoms with Crippen LogP contribution in [0.15, 0.2) is 30.3 Å². The maximum absolute atomic E-state index is 11.1. The molecule has 7 unspecified atom stereocenters. The van der Waals surface area contributed by atoms with Crippen LogP contribution in [-0.2, 0) is 25.2 Å². The van der Waals surface area contributed by atoms with E-state index in [1.54, 1.807) is 7.11 Å². The van der Waals surface area contributed by atoms with Crippen LogP contribution < -0.4 is 0 Å². The highest BCUT2D eigenvalue weighted by atomic mass is 28.4. The van der Waals surface area contributed by atoms with Gasteiger partial charge in [-0.2, -0.15) is 0 Å². The zero-order valence-electron chi connectivity index (χ0n) is 26.6. The van der Waals surface area contributed by atoms with Crippen LogP contribution in [-0.4, -0.2) is 58.7 Å². The van der Waals surface area contributed by atoms with Gasteiger partial charge in [0.15, 0.2) is 8.32 Å². The number of hydrogen-bond acceptors (Lipinski definition) is 5. The minimum Gasteiger partial charge on any atom is -0.414 e. The van der Waals surface area contributed by atoms with Gasteiger partial charge in [-0.3, -0.25) is 0 Å². The van der Waals surface area contributed by atoms with E-state index in [-0.39, 0.29) is 35.2 Å². The highest BCUT2D eigenvalue weighted by Gasteiger charge is 2.40. The van der Waals surface area contributed by atoms with Gasteiger partial charge in [0, 0.05) is 32.2 Å². The van der Waals surface area contributed by atoms with E-state index in [4.69, 9.17) is 18.6 Å². The van der Waals surface area contributed by atoms with Gasteiger partial charge in [0.05, 0.1) is 31.5 Å². The molecule has 0 amide bonds. The SMILES string of the molecule is COC(CC(O[Si](C)(C)C(C)(C)C)C(C)C)C(C)CCC(O)C(C)C(OC)C(C)COCc1ccccc1. The Morgan fingerprint density at radius 3 is 1.95 bits per heavy atom. The Kier molecular flexibility index (Phi) is 15.3. The Bertz CT molecular complexity index is 748. The predicted octanol–water partition coefficient (Wildman–Crippen LogP) is 7.72. The fourth-order valence-electron chi connectivity index (χ4n) is 4.90. The third-order valence-electron chi connectivity index (χ3n) is 8.77. The molecule has 0 saturated heterocycles. The van der Waals surface area contributed by atoms with Crippen molar-refractivity contribution in [3.8, 4) is 0 Å². The van der Waals surface area contributed by atoms with Crippen molar-refractivity contribution in [2.75, 3.05) is 20.8 Å². The van der Waals surface area contributed by atoms with Crippen LogP contribution in [0.3, 0.4) is 0 Å². The number of benzene rings is 1. The van der Waals surface area contributed by atoms with Gasteiger partial charge < -0.3 is 23.7 Å². The molecule has 0 bridgehead atoms. The van der Waals surface area contributed by atoms with E-state index in [2.05, 4.69) is 80.6 Å². The molecular weight excluding hydrogens is 492 g/mol. The summed E-state index contributed by atoms with van der Waals surface area (Å²) in [5.41, 5.74) is 1.16. The van der Waals surface area contributed by atoms with Crippen LogP contribution in [0.2, 0.25) is 18.1 Å². The quantitative estimate of drug-likeness (QED) is 0.189. The van der Waals surface area contributed by atoms with Gasteiger partial charge in [0.1, 0.15) is 0 Å². The normalized spacial score (nSPS) is 18.6. The number of ether oxygens (including phenoxy) is 3. The van der Waals surface area contributed by atoms with Crippen LogP contribution in [0.1, 0.15) is 80.2 Å². The molecule has 1 aromatic carbocycles. The van der Waals surface area contributed by atoms with E-state index >= 15 is 0 Å². The fourth-order valence-corrected chi connectivity index (χ4v) is 6.38. The summed E-state index contributed by atoms with van der Waals surface area (Å²) in [6.07, 6.45) is 2.24. The topological polar surface area (TPSA) is 57.2 Å².